The van der Waals surface area contributed by atoms with E-state index in [1.54, 1.807) is 6.92 Å². The monoisotopic (exact) mass is 204 g/mol. The molecule has 0 aromatic rings. The number of ether oxygens (including phenoxy) is 2. The molecule has 5 heteroatoms. The quantitative estimate of drug-likeness (QED) is 0.578. The van der Waals surface area contributed by atoms with Crippen molar-refractivity contribution in [2.75, 3.05) is 0 Å². The van der Waals surface area contributed by atoms with Gasteiger partial charge in [0.15, 0.2) is 12.4 Å². The van der Waals surface area contributed by atoms with Crippen molar-refractivity contribution in [3.8, 4) is 0 Å². The number of carbonyl (C=O) groups excluding carboxylic acids is 1. The SMILES string of the molecule is CC(=O)O[C@H]1C(C)O[C@@H](O)C[C@@]1(C)O. The lowest BCUT2D eigenvalue weighted by atomic mass is 9.89. The Balaban J connectivity index is 2.74. The molecular formula is C9H16O5. The van der Waals surface area contributed by atoms with E-state index < -0.39 is 30.1 Å². The average molecular weight is 204 g/mol. The summed E-state index contributed by atoms with van der Waals surface area (Å²) in [5.41, 5.74) is -1.25. The second kappa shape index (κ2) is 3.84. The molecule has 1 aliphatic rings. The average Bonchev–Trinajstić information content (AvgIpc) is 1.95. The van der Waals surface area contributed by atoms with Gasteiger partial charge in [-0.3, -0.25) is 4.79 Å². The van der Waals surface area contributed by atoms with E-state index >= 15 is 0 Å². The van der Waals surface area contributed by atoms with Gasteiger partial charge in [0.05, 0.1) is 6.10 Å². The maximum absolute atomic E-state index is 10.8. The van der Waals surface area contributed by atoms with Gasteiger partial charge in [-0.25, -0.2) is 0 Å². The third-order valence-corrected chi connectivity index (χ3v) is 2.29. The maximum Gasteiger partial charge on any atom is 0.303 e. The zero-order valence-corrected chi connectivity index (χ0v) is 8.56. The first-order chi connectivity index (χ1) is 6.33. The van der Waals surface area contributed by atoms with Crippen molar-refractivity contribution >= 4 is 5.97 Å². The van der Waals surface area contributed by atoms with Crippen molar-refractivity contribution in [3.05, 3.63) is 0 Å². The third kappa shape index (κ3) is 2.43. The van der Waals surface area contributed by atoms with Gasteiger partial charge in [0.25, 0.3) is 0 Å². The topological polar surface area (TPSA) is 76.0 Å². The largest absolute Gasteiger partial charge is 0.457 e. The Morgan fingerprint density at radius 2 is 2.21 bits per heavy atom. The summed E-state index contributed by atoms with van der Waals surface area (Å²) in [4.78, 5) is 10.8. The Morgan fingerprint density at radius 1 is 1.64 bits per heavy atom. The van der Waals surface area contributed by atoms with Crippen LogP contribution in [0.3, 0.4) is 0 Å². The highest BCUT2D eigenvalue weighted by Crippen LogP contribution is 2.30. The Hall–Kier alpha value is -0.650. The number of esters is 1. The van der Waals surface area contributed by atoms with Gasteiger partial charge in [-0.05, 0) is 13.8 Å². The lowest BCUT2D eigenvalue weighted by molar-refractivity contribution is -0.263. The van der Waals surface area contributed by atoms with Crippen LogP contribution >= 0.6 is 0 Å². The van der Waals surface area contributed by atoms with Gasteiger partial charge < -0.3 is 19.7 Å². The molecule has 0 bridgehead atoms. The van der Waals surface area contributed by atoms with Crippen molar-refractivity contribution in [2.45, 2.75) is 51.3 Å². The first kappa shape index (κ1) is 11.4. The summed E-state index contributed by atoms with van der Waals surface area (Å²) in [7, 11) is 0. The molecular weight excluding hydrogens is 188 g/mol. The highest BCUT2D eigenvalue weighted by Gasteiger charge is 2.45. The Bertz CT molecular complexity index is 225. The van der Waals surface area contributed by atoms with Gasteiger partial charge in [0.2, 0.25) is 0 Å². The molecule has 0 aromatic carbocycles. The van der Waals surface area contributed by atoms with Gasteiger partial charge in [-0.15, -0.1) is 0 Å². The van der Waals surface area contributed by atoms with Gasteiger partial charge >= 0.3 is 5.97 Å². The molecule has 4 atom stereocenters. The van der Waals surface area contributed by atoms with Crippen LogP contribution in [0, 0.1) is 0 Å². The fourth-order valence-electron chi connectivity index (χ4n) is 1.74. The Morgan fingerprint density at radius 3 is 2.64 bits per heavy atom. The third-order valence-electron chi connectivity index (χ3n) is 2.29. The zero-order valence-electron chi connectivity index (χ0n) is 8.56. The van der Waals surface area contributed by atoms with Crippen molar-refractivity contribution in [1.82, 2.24) is 0 Å². The van der Waals surface area contributed by atoms with Crippen molar-refractivity contribution < 1.29 is 24.5 Å². The van der Waals surface area contributed by atoms with E-state index in [2.05, 4.69) is 0 Å². The summed E-state index contributed by atoms with van der Waals surface area (Å²) in [6, 6.07) is 0. The molecule has 1 heterocycles. The zero-order chi connectivity index (χ0) is 10.9. The molecule has 0 spiro atoms. The first-order valence-electron chi connectivity index (χ1n) is 4.56. The van der Waals surface area contributed by atoms with Gasteiger partial charge in [0, 0.05) is 13.3 Å². The van der Waals surface area contributed by atoms with Gasteiger partial charge in [-0.2, -0.15) is 0 Å². The number of carbonyl (C=O) groups is 1. The second-order valence-corrected chi connectivity index (χ2v) is 3.89. The van der Waals surface area contributed by atoms with Gasteiger partial charge in [0.1, 0.15) is 5.60 Å². The minimum Gasteiger partial charge on any atom is -0.457 e. The molecule has 0 aliphatic carbocycles. The summed E-state index contributed by atoms with van der Waals surface area (Å²) in [5, 5.41) is 19.2. The van der Waals surface area contributed by atoms with E-state index in [-0.39, 0.29) is 6.42 Å². The van der Waals surface area contributed by atoms with Crippen LogP contribution in [0.15, 0.2) is 0 Å². The molecule has 1 unspecified atom stereocenters. The van der Waals surface area contributed by atoms with E-state index in [0.717, 1.165) is 0 Å². The van der Waals surface area contributed by atoms with E-state index in [4.69, 9.17) is 9.47 Å². The molecule has 1 saturated heterocycles. The highest BCUT2D eigenvalue weighted by molar-refractivity contribution is 5.66. The molecule has 0 aromatic heterocycles. The molecule has 1 aliphatic heterocycles. The van der Waals surface area contributed by atoms with E-state index in [0.29, 0.717) is 0 Å². The van der Waals surface area contributed by atoms with E-state index in [1.807, 2.05) is 0 Å². The summed E-state index contributed by atoms with van der Waals surface area (Å²) in [5.74, 6) is -0.470. The summed E-state index contributed by atoms with van der Waals surface area (Å²) < 4.78 is 10.00. The smallest absolute Gasteiger partial charge is 0.303 e. The first-order valence-corrected chi connectivity index (χ1v) is 4.56. The minimum absolute atomic E-state index is 0.0370. The van der Waals surface area contributed by atoms with Crippen LogP contribution in [0.5, 0.6) is 0 Å². The van der Waals surface area contributed by atoms with Crippen LogP contribution in [0.1, 0.15) is 27.2 Å². The normalized spacial score (nSPS) is 43.4. The molecule has 82 valence electrons. The van der Waals surface area contributed by atoms with Crippen LogP contribution in [-0.4, -0.2) is 40.3 Å². The predicted molar refractivity (Wildman–Crippen MR) is 47.3 cm³/mol. The number of aliphatic hydroxyl groups excluding tert-OH is 1. The predicted octanol–water partition coefficient (Wildman–Crippen LogP) is -0.204. The minimum atomic E-state index is -1.25. The second-order valence-electron chi connectivity index (χ2n) is 3.89. The lowest BCUT2D eigenvalue weighted by Gasteiger charge is -2.42. The van der Waals surface area contributed by atoms with Crippen molar-refractivity contribution in [2.24, 2.45) is 0 Å². The van der Waals surface area contributed by atoms with Crippen LogP contribution in [0.25, 0.3) is 0 Å². The Labute approximate surface area is 82.6 Å². The Kier molecular flexibility index (Phi) is 3.14. The fourth-order valence-corrected chi connectivity index (χ4v) is 1.74. The summed E-state index contributed by atoms with van der Waals surface area (Å²) >= 11 is 0. The van der Waals surface area contributed by atoms with Crippen molar-refractivity contribution in [3.63, 3.8) is 0 Å². The molecule has 0 saturated carbocycles. The highest BCUT2D eigenvalue weighted by atomic mass is 16.6. The van der Waals surface area contributed by atoms with Gasteiger partial charge in [-0.1, -0.05) is 0 Å². The van der Waals surface area contributed by atoms with Crippen molar-refractivity contribution in [1.29, 1.82) is 0 Å². The summed E-state index contributed by atoms with van der Waals surface area (Å²) in [6.45, 7) is 4.43. The van der Waals surface area contributed by atoms with E-state index in [1.165, 1.54) is 13.8 Å². The standard InChI is InChI=1S/C9H16O5/c1-5-8(14-6(2)10)9(3,12)4-7(11)13-5/h5,7-8,11-12H,4H2,1-3H3/t5?,7-,8+,9-/m1/s1. The molecule has 2 N–H and O–H groups in total. The number of aliphatic hydroxyl groups is 2. The summed E-state index contributed by atoms with van der Waals surface area (Å²) in [6.07, 6.45) is -2.22. The molecule has 0 radical (unpaired) electrons. The molecule has 0 amide bonds. The molecule has 5 nitrogen and oxygen atoms in total. The molecule has 1 fully saturated rings. The maximum atomic E-state index is 10.8. The van der Waals surface area contributed by atoms with E-state index in [9.17, 15) is 15.0 Å². The molecule has 1 rings (SSSR count). The van der Waals surface area contributed by atoms with Crippen LogP contribution < -0.4 is 0 Å². The lowest BCUT2D eigenvalue weighted by Crippen LogP contribution is -2.56. The number of hydrogen-bond donors (Lipinski definition) is 2. The van der Waals surface area contributed by atoms with Crippen LogP contribution in [0.2, 0.25) is 0 Å². The fraction of sp³-hybridized carbons (Fsp3) is 0.889. The molecule has 14 heavy (non-hydrogen) atoms. The van der Waals surface area contributed by atoms with Crippen LogP contribution in [-0.2, 0) is 14.3 Å². The number of hydrogen-bond acceptors (Lipinski definition) is 5. The number of rotatable bonds is 1. The van der Waals surface area contributed by atoms with Crippen LogP contribution in [0.4, 0.5) is 0 Å².